The molecule has 2 N–H and O–H groups in total. The zero-order chi connectivity index (χ0) is 20.5. The van der Waals surface area contributed by atoms with Gasteiger partial charge in [-0.3, -0.25) is 9.89 Å². The summed E-state index contributed by atoms with van der Waals surface area (Å²) in [4.78, 5) is 7.49. The van der Waals surface area contributed by atoms with E-state index in [2.05, 4.69) is 29.4 Å². The first-order chi connectivity index (χ1) is 13.3. The van der Waals surface area contributed by atoms with Crippen LogP contribution in [-0.4, -0.2) is 76.5 Å². The quantitative estimate of drug-likeness (QED) is 0.365. The topological polar surface area (TPSA) is 83.0 Å². The zero-order valence-corrected chi connectivity index (χ0v) is 18.1. The number of rotatable bonds is 9. The fourth-order valence-electron chi connectivity index (χ4n) is 3.10. The van der Waals surface area contributed by atoms with Gasteiger partial charge in [-0.25, -0.2) is 8.42 Å². The van der Waals surface area contributed by atoms with Crippen molar-refractivity contribution in [1.82, 2.24) is 15.5 Å². The number of aliphatic imine (C=N–C) groups is 1. The maximum atomic E-state index is 12.3. The van der Waals surface area contributed by atoms with E-state index >= 15 is 0 Å². The Balaban J connectivity index is 1.84. The van der Waals surface area contributed by atoms with Gasteiger partial charge in [0.1, 0.15) is 0 Å². The molecule has 0 aliphatic carbocycles. The molecule has 0 spiro atoms. The summed E-state index contributed by atoms with van der Waals surface area (Å²) in [5.41, 5.74) is -0.0528. The zero-order valence-electron chi connectivity index (χ0n) is 17.3. The highest BCUT2D eigenvalue weighted by molar-refractivity contribution is 7.91. The lowest BCUT2D eigenvalue weighted by Crippen LogP contribution is -2.52. The minimum atomic E-state index is -3.24. The number of sulfone groups is 1. The Morgan fingerprint density at radius 3 is 2.50 bits per heavy atom. The fraction of sp³-hybridized carbons (Fsp3) is 0.650. The molecule has 1 aromatic rings. The normalized spacial score (nSPS) is 16.8. The van der Waals surface area contributed by atoms with E-state index in [0.29, 0.717) is 24.4 Å². The Labute approximate surface area is 169 Å². The lowest BCUT2D eigenvalue weighted by molar-refractivity contribution is -0.00683. The van der Waals surface area contributed by atoms with Crippen molar-refractivity contribution in [2.75, 3.05) is 51.7 Å². The summed E-state index contributed by atoms with van der Waals surface area (Å²) >= 11 is 0. The molecule has 1 aliphatic rings. The van der Waals surface area contributed by atoms with Gasteiger partial charge >= 0.3 is 0 Å². The van der Waals surface area contributed by atoms with Gasteiger partial charge in [0.2, 0.25) is 0 Å². The maximum Gasteiger partial charge on any atom is 0.191 e. The average Bonchev–Trinajstić information content (AvgIpc) is 2.70. The van der Waals surface area contributed by atoms with Crippen LogP contribution in [0, 0.1) is 0 Å². The van der Waals surface area contributed by atoms with E-state index < -0.39 is 9.84 Å². The minimum absolute atomic E-state index is 0.0528. The van der Waals surface area contributed by atoms with Crippen molar-refractivity contribution < 1.29 is 13.2 Å². The van der Waals surface area contributed by atoms with Crippen LogP contribution in [0.25, 0.3) is 0 Å². The first kappa shape index (κ1) is 22.6. The molecule has 1 aliphatic heterocycles. The van der Waals surface area contributed by atoms with Crippen LogP contribution < -0.4 is 10.6 Å². The number of morpholine rings is 1. The minimum Gasteiger partial charge on any atom is -0.379 e. The summed E-state index contributed by atoms with van der Waals surface area (Å²) in [6.45, 7) is 11.7. The molecular weight excluding hydrogens is 376 g/mol. The number of benzene rings is 1. The highest BCUT2D eigenvalue weighted by atomic mass is 32.2. The van der Waals surface area contributed by atoms with Gasteiger partial charge in [-0.1, -0.05) is 18.2 Å². The molecule has 1 heterocycles. The second kappa shape index (κ2) is 10.8. The standard InChI is InChI=1S/C20H34N4O3S/c1-4-21-19(23-17-20(2,3)24-12-14-27-15-13-24)22-11-8-16-28(25,26)18-9-6-5-7-10-18/h5-7,9-10H,4,8,11-17H2,1-3H3,(H2,21,22,23). The van der Waals surface area contributed by atoms with Gasteiger partial charge in [0.05, 0.1) is 30.4 Å². The van der Waals surface area contributed by atoms with Crippen molar-refractivity contribution >= 4 is 15.8 Å². The van der Waals surface area contributed by atoms with E-state index in [0.717, 1.165) is 38.8 Å². The molecule has 0 unspecified atom stereocenters. The van der Waals surface area contributed by atoms with Gasteiger partial charge in [-0.05, 0) is 39.3 Å². The highest BCUT2D eigenvalue weighted by Crippen LogP contribution is 2.16. The maximum absolute atomic E-state index is 12.3. The average molecular weight is 411 g/mol. The van der Waals surface area contributed by atoms with Gasteiger partial charge < -0.3 is 15.4 Å². The molecule has 1 fully saturated rings. The third-order valence-corrected chi connectivity index (χ3v) is 6.64. The van der Waals surface area contributed by atoms with Crippen LogP contribution in [0.15, 0.2) is 40.2 Å². The summed E-state index contributed by atoms with van der Waals surface area (Å²) in [5.74, 6) is 0.837. The van der Waals surface area contributed by atoms with Crippen LogP contribution in [0.3, 0.4) is 0 Å². The number of ether oxygens (including phenoxy) is 1. The lowest BCUT2D eigenvalue weighted by Gasteiger charge is -2.39. The summed E-state index contributed by atoms with van der Waals surface area (Å²) in [7, 11) is -3.24. The summed E-state index contributed by atoms with van der Waals surface area (Å²) < 4.78 is 30.1. The molecular formula is C20H34N4O3S. The largest absolute Gasteiger partial charge is 0.379 e. The highest BCUT2D eigenvalue weighted by Gasteiger charge is 2.28. The predicted molar refractivity (Wildman–Crippen MR) is 114 cm³/mol. The molecule has 158 valence electrons. The van der Waals surface area contributed by atoms with Gasteiger partial charge in [-0.15, -0.1) is 0 Å². The smallest absolute Gasteiger partial charge is 0.191 e. The van der Waals surface area contributed by atoms with E-state index in [9.17, 15) is 8.42 Å². The van der Waals surface area contributed by atoms with Gasteiger partial charge in [0.15, 0.2) is 15.8 Å². The first-order valence-corrected chi connectivity index (χ1v) is 11.6. The van der Waals surface area contributed by atoms with Crippen LogP contribution in [0.1, 0.15) is 27.2 Å². The third kappa shape index (κ3) is 7.07. The molecule has 2 rings (SSSR count). The Morgan fingerprint density at radius 2 is 1.86 bits per heavy atom. The molecule has 0 amide bonds. The fourth-order valence-corrected chi connectivity index (χ4v) is 4.43. The number of hydrogen-bond acceptors (Lipinski definition) is 5. The van der Waals surface area contributed by atoms with Crippen molar-refractivity contribution in [2.45, 2.75) is 37.6 Å². The third-order valence-electron chi connectivity index (χ3n) is 4.82. The van der Waals surface area contributed by atoms with Crippen LogP contribution in [0.4, 0.5) is 0 Å². The monoisotopic (exact) mass is 410 g/mol. The number of guanidine groups is 1. The molecule has 0 atom stereocenters. The van der Waals surface area contributed by atoms with E-state index in [-0.39, 0.29) is 11.3 Å². The molecule has 28 heavy (non-hydrogen) atoms. The van der Waals surface area contributed by atoms with Crippen LogP contribution >= 0.6 is 0 Å². The Morgan fingerprint density at radius 1 is 1.18 bits per heavy atom. The van der Waals surface area contributed by atoms with Crippen LogP contribution in [0.2, 0.25) is 0 Å². The molecule has 0 saturated carbocycles. The summed E-state index contributed by atoms with van der Waals surface area (Å²) in [6.07, 6.45) is 0.522. The molecule has 0 radical (unpaired) electrons. The van der Waals surface area contributed by atoms with Gasteiger partial charge in [-0.2, -0.15) is 0 Å². The first-order valence-electron chi connectivity index (χ1n) is 9.98. The van der Waals surface area contributed by atoms with Gasteiger partial charge in [0.25, 0.3) is 0 Å². The van der Waals surface area contributed by atoms with Crippen LogP contribution in [0.5, 0.6) is 0 Å². The Kier molecular flexibility index (Phi) is 8.72. The van der Waals surface area contributed by atoms with E-state index in [1.807, 2.05) is 13.0 Å². The van der Waals surface area contributed by atoms with Crippen molar-refractivity contribution in [3.63, 3.8) is 0 Å². The Hall–Kier alpha value is -1.64. The van der Waals surface area contributed by atoms with Crippen molar-refractivity contribution in [3.8, 4) is 0 Å². The second-order valence-corrected chi connectivity index (χ2v) is 9.63. The molecule has 0 aromatic heterocycles. The van der Waals surface area contributed by atoms with E-state index in [4.69, 9.17) is 9.73 Å². The van der Waals surface area contributed by atoms with Crippen molar-refractivity contribution in [1.29, 1.82) is 0 Å². The number of hydrogen-bond donors (Lipinski definition) is 2. The SMILES string of the molecule is CCNC(=NCC(C)(C)N1CCOCC1)NCCCS(=O)(=O)c1ccccc1. The molecule has 7 nitrogen and oxygen atoms in total. The molecule has 1 aromatic carbocycles. The summed E-state index contributed by atoms with van der Waals surface area (Å²) in [6, 6.07) is 8.59. The number of nitrogens with one attached hydrogen (secondary N) is 2. The predicted octanol–water partition coefficient (Wildman–Crippen LogP) is 1.52. The molecule has 8 heteroatoms. The van der Waals surface area contributed by atoms with Crippen molar-refractivity contribution in [2.24, 2.45) is 4.99 Å². The second-order valence-electron chi connectivity index (χ2n) is 7.52. The summed E-state index contributed by atoms with van der Waals surface area (Å²) in [5, 5.41) is 6.49. The van der Waals surface area contributed by atoms with E-state index in [1.165, 1.54) is 0 Å². The van der Waals surface area contributed by atoms with E-state index in [1.54, 1.807) is 24.3 Å². The molecule has 1 saturated heterocycles. The number of nitrogens with zero attached hydrogens (tertiary/aromatic N) is 2. The lowest BCUT2D eigenvalue weighted by atomic mass is 10.0. The van der Waals surface area contributed by atoms with Gasteiger partial charge in [0, 0.05) is 31.7 Å². The van der Waals surface area contributed by atoms with Crippen molar-refractivity contribution in [3.05, 3.63) is 30.3 Å². The Bertz CT molecular complexity index is 714. The van der Waals surface area contributed by atoms with Crippen LogP contribution in [-0.2, 0) is 14.6 Å². The molecule has 0 bridgehead atoms.